The second kappa shape index (κ2) is 10.1. The zero-order chi connectivity index (χ0) is 18.1. The molecule has 2 aromatic rings. The van der Waals surface area contributed by atoms with Crippen LogP contribution < -0.4 is 10.6 Å². The van der Waals surface area contributed by atoms with Crippen LogP contribution in [0.1, 0.15) is 42.8 Å². The van der Waals surface area contributed by atoms with Crippen molar-refractivity contribution in [1.82, 2.24) is 15.8 Å². The maximum Gasteiger partial charge on any atom is 0.191 e. The van der Waals surface area contributed by atoms with Gasteiger partial charge in [0, 0.05) is 37.1 Å². The molecule has 1 heterocycles. The van der Waals surface area contributed by atoms with E-state index in [2.05, 4.69) is 46.8 Å². The molecule has 0 spiro atoms. The van der Waals surface area contributed by atoms with E-state index in [1.807, 2.05) is 12.1 Å². The molecule has 1 aromatic carbocycles. The number of aryl methyl sites for hydroxylation is 3. The standard InChI is InChI=1S/C19H27ClN4O/c1-4-17-16(18(5-2)25-24-17)13-23-19(21-3)22-12-6-7-14-8-10-15(20)11-9-14/h8-11H,4-7,12-13H2,1-3H3,(H2,21,22,23). The molecule has 2 N–H and O–H groups in total. The Hall–Kier alpha value is -2.01. The lowest BCUT2D eigenvalue weighted by atomic mass is 10.1. The van der Waals surface area contributed by atoms with Crippen LogP contribution >= 0.6 is 11.6 Å². The van der Waals surface area contributed by atoms with E-state index in [1.54, 1.807) is 7.05 Å². The van der Waals surface area contributed by atoms with E-state index in [-0.39, 0.29) is 0 Å². The second-order valence-corrected chi connectivity index (χ2v) is 6.26. The van der Waals surface area contributed by atoms with E-state index in [4.69, 9.17) is 16.1 Å². The molecule has 0 saturated carbocycles. The first kappa shape index (κ1) is 19.3. The number of aromatic nitrogens is 1. The van der Waals surface area contributed by atoms with Crippen LogP contribution in [0.5, 0.6) is 0 Å². The molecule has 0 amide bonds. The van der Waals surface area contributed by atoms with Crippen molar-refractivity contribution in [2.75, 3.05) is 13.6 Å². The summed E-state index contributed by atoms with van der Waals surface area (Å²) < 4.78 is 5.40. The van der Waals surface area contributed by atoms with Crippen molar-refractivity contribution in [3.63, 3.8) is 0 Å². The van der Waals surface area contributed by atoms with Gasteiger partial charge in [0.1, 0.15) is 5.76 Å². The number of hydrogen-bond acceptors (Lipinski definition) is 3. The highest BCUT2D eigenvalue weighted by atomic mass is 35.5. The Morgan fingerprint density at radius 3 is 2.56 bits per heavy atom. The number of nitrogens with one attached hydrogen (secondary N) is 2. The number of rotatable bonds is 8. The maximum absolute atomic E-state index is 5.91. The minimum Gasteiger partial charge on any atom is -0.361 e. The average Bonchev–Trinajstić information content (AvgIpc) is 3.04. The minimum absolute atomic E-state index is 0.673. The van der Waals surface area contributed by atoms with E-state index in [1.165, 1.54) is 5.56 Å². The number of aliphatic imine (C=N–C) groups is 1. The largest absolute Gasteiger partial charge is 0.361 e. The van der Waals surface area contributed by atoms with E-state index in [9.17, 15) is 0 Å². The molecule has 2 rings (SSSR count). The molecule has 1 aromatic heterocycles. The van der Waals surface area contributed by atoms with Gasteiger partial charge in [0.25, 0.3) is 0 Å². The molecule has 0 aliphatic heterocycles. The predicted octanol–water partition coefficient (Wildman–Crippen LogP) is 3.75. The number of nitrogens with zero attached hydrogens (tertiary/aromatic N) is 2. The second-order valence-electron chi connectivity index (χ2n) is 5.82. The number of halogens is 1. The zero-order valence-electron chi connectivity index (χ0n) is 15.2. The van der Waals surface area contributed by atoms with Gasteiger partial charge < -0.3 is 15.2 Å². The Morgan fingerprint density at radius 1 is 1.16 bits per heavy atom. The van der Waals surface area contributed by atoms with E-state index in [0.717, 1.165) is 60.2 Å². The molecule has 0 radical (unpaired) electrons. The van der Waals surface area contributed by atoms with Crippen LogP contribution in [-0.2, 0) is 25.8 Å². The fraction of sp³-hybridized carbons (Fsp3) is 0.474. The number of guanidine groups is 1. The first-order valence-electron chi connectivity index (χ1n) is 8.83. The average molecular weight is 363 g/mol. The van der Waals surface area contributed by atoms with Gasteiger partial charge in [0.15, 0.2) is 5.96 Å². The van der Waals surface area contributed by atoms with Crippen LogP contribution in [0.25, 0.3) is 0 Å². The SMILES string of the molecule is CCc1noc(CC)c1CNC(=NC)NCCCc1ccc(Cl)cc1. The van der Waals surface area contributed by atoms with Crippen LogP contribution in [0.15, 0.2) is 33.8 Å². The van der Waals surface area contributed by atoms with Crippen molar-refractivity contribution >= 4 is 17.6 Å². The van der Waals surface area contributed by atoms with Gasteiger partial charge in [-0.2, -0.15) is 0 Å². The summed E-state index contributed by atoms with van der Waals surface area (Å²) in [6, 6.07) is 8.00. The molecule has 6 heteroatoms. The first-order valence-corrected chi connectivity index (χ1v) is 9.20. The molecule has 0 bridgehead atoms. The van der Waals surface area contributed by atoms with Crippen molar-refractivity contribution in [1.29, 1.82) is 0 Å². The lowest BCUT2D eigenvalue weighted by Gasteiger charge is -2.12. The normalized spacial score (nSPS) is 11.6. The van der Waals surface area contributed by atoms with E-state index in [0.29, 0.717) is 6.54 Å². The highest BCUT2D eigenvalue weighted by Gasteiger charge is 2.13. The van der Waals surface area contributed by atoms with Gasteiger partial charge in [-0.15, -0.1) is 0 Å². The van der Waals surface area contributed by atoms with E-state index >= 15 is 0 Å². The summed E-state index contributed by atoms with van der Waals surface area (Å²) in [5.74, 6) is 1.74. The lowest BCUT2D eigenvalue weighted by molar-refractivity contribution is 0.380. The Kier molecular flexibility index (Phi) is 7.79. The van der Waals surface area contributed by atoms with Gasteiger partial charge in [-0.1, -0.05) is 42.7 Å². The molecule has 25 heavy (non-hydrogen) atoms. The summed E-state index contributed by atoms with van der Waals surface area (Å²) in [4.78, 5) is 4.28. The van der Waals surface area contributed by atoms with Crippen molar-refractivity contribution in [2.45, 2.75) is 46.1 Å². The fourth-order valence-electron chi connectivity index (χ4n) is 2.68. The van der Waals surface area contributed by atoms with Gasteiger partial charge in [0.05, 0.1) is 5.69 Å². The van der Waals surface area contributed by atoms with Crippen LogP contribution in [0.2, 0.25) is 5.02 Å². The molecule has 5 nitrogen and oxygen atoms in total. The van der Waals surface area contributed by atoms with E-state index < -0.39 is 0 Å². The van der Waals surface area contributed by atoms with Gasteiger partial charge in [-0.25, -0.2) is 0 Å². The van der Waals surface area contributed by atoms with Gasteiger partial charge in [-0.05, 0) is 37.0 Å². The van der Waals surface area contributed by atoms with Crippen LogP contribution in [0, 0.1) is 0 Å². The Bertz CT molecular complexity index is 658. The highest BCUT2D eigenvalue weighted by Crippen LogP contribution is 2.15. The predicted molar refractivity (Wildman–Crippen MR) is 103 cm³/mol. The quantitative estimate of drug-likeness (QED) is 0.426. The Morgan fingerprint density at radius 2 is 1.92 bits per heavy atom. The summed E-state index contributed by atoms with van der Waals surface area (Å²) in [6.07, 6.45) is 3.74. The van der Waals surface area contributed by atoms with Crippen molar-refractivity contribution < 1.29 is 4.52 Å². The third kappa shape index (κ3) is 5.78. The first-order chi connectivity index (χ1) is 12.2. The zero-order valence-corrected chi connectivity index (χ0v) is 16.0. The molecular formula is C19H27ClN4O. The summed E-state index contributed by atoms with van der Waals surface area (Å²) in [7, 11) is 1.78. The van der Waals surface area contributed by atoms with Crippen LogP contribution in [-0.4, -0.2) is 24.7 Å². The van der Waals surface area contributed by atoms with Gasteiger partial charge in [-0.3, -0.25) is 4.99 Å². The number of benzene rings is 1. The smallest absolute Gasteiger partial charge is 0.191 e. The summed E-state index contributed by atoms with van der Waals surface area (Å²) in [5, 5.41) is 11.6. The molecule has 136 valence electrons. The van der Waals surface area contributed by atoms with Crippen molar-refractivity contribution in [2.24, 2.45) is 4.99 Å². The van der Waals surface area contributed by atoms with Crippen LogP contribution in [0.4, 0.5) is 0 Å². The topological polar surface area (TPSA) is 62.5 Å². The Labute approximate surface area is 154 Å². The van der Waals surface area contributed by atoms with Gasteiger partial charge >= 0.3 is 0 Å². The molecule has 0 fully saturated rings. The monoisotopic (exact) mass is 362 g/mol. The lowest BCUT2D eigenvalue weighted by Crippen LogP contribution is -2.37. The molecule has 0 aliphatic carbocycles. The highest BCUT2D eigenvalue weighted by molar-refractivity contribution is 6.30. The summed E-state index contributed by atoms with van der Waals surface area (Å²) >= 11 is 5.91. The Balaban J connectivity index is 1.77. The van der Waals surface area contributed by atoms with Gasteiger partial charge in [0.2, 0.25) is 0 Å². The maximum atomic E-state index is 5.91. The van der Waals surface area contributed by atoms with Crippen molar-refractivity contribution in [3.05, 3.63) is 51.9 Å². The molecule has 0 saturated heterocycles. The molecule has 0 aliphatic rings. The third-order valence-electron chi connectivity index (χ3n) is 4.11. The molecular weight excluding hydrogens is 336 g/mol. The third-order valence-corrected chi connectivity index (χ3v) is 4.36. The fourth-order valence-corrected chi connectivity index (χ4v) is 2.81. The molecule has 0 atom stereocenters. The minimum atomic E-state index is 0.673. The number of hydrogen-bond donors (Lipinski definition) is 2. The summed E-state index contributed by atoms with van der Waals surface area (Å²) in [6.45, 7) is 5.69. The summed E-state index contributed by atoms with van der Waals surface area (Å²) in [5.41, 5.74) is 3.45. The molecule has 0 unspecified atom stereocenters. The van der Waals surface area contributed by atoms with Crippen LogP contribution in [0.3, 0.4) is 0 Å². The van der Waals surface area contributed by atoms with Crippen molar-refractivity contribution in [3.8, 4) is 0 Å².